The molecule has 9 heterocycles. The Morgan fingerprint density at radius 1 is 0.381 bits per heavy atom. The Kier molecular flexibility index (Phi) is 32.6. The number of carboxylic acid groups (broad SMARTS) is 1. The second kappa shape index (κ2) is 39.6. The minimum atomic E-state index is -3.07. The molecule has 654 valence electrons. The van der Waals surface area contributed by atoms with Gasteiger partial charge >= 0.3 is 5.97 Å². The van der Waals surface area contributed by atoms with Gasteiger partial charge in [-0.3, -0.25) is 14.4 Å². The van der Waals surface area contributed by atoms with Crippen LogP contribution >= 0.6 is 0 Å². The lowest BCUT2D eigenvalue weighted by Gasteiger charge is -2.51. The summed E-state index contributed by atoms with van der Waals surface area (Å²) in [5, 5.41) is 293. The third-order valence-electron chi connectivity index (χ3n) is 20.8. The fraction of sp³-hybridized carbons (Fsp3) is 0.937. The Balaban J connectivity index is 1.01. The molecule has 9 saturated heterocycles. The summed E-state index contributed by atoms with van der Waals surface area (Å²) in [6.45, 7) is -2.81. The van der Waals surface area contributed by atoms with Gasteiger partial charge in [-0.15, -0.1) is 0 Å². The van der Waals surface area contributed by atoms with Crippen molar-refractivity contribution in [1.82, 2.24) is 16.0 Å². The maximum absolute atomic E-state index is 13.5. The van der Waals surface area contributed by atoms with E-state index in [-0.39, 0.29) is 0 Å². The highest BCUT2D eigenvalue weighted by molar-refractivity contribution is 5.77. The van der Waals surface area contributed by atoms with Crippen molar-refractivity contribution in [3.63, 3.8) is 0 Å². The lowest BCUT2D eigenvalue weighted by Crippen LogP contribution is -2.71. The van der Waals surface area contributed by atoms with E-state index in [4.69, 9.17) is 80.5 Å². The number of aliphatic hydroxyl groups is 25. The highest BCUT2D eigenvalue weighted by atomic mass is 16.8. The van der Waals surface area contributed by atoms with E-state index in [1.165, 1.54) is 13.8 Å². The van der Waals surface area contributed by atoms with Crippen molar-refractivity contribution >= 4 is 23.7 Å². The van der Waals surface area contributed by atoms with Gasteiger partial charge < -0.3 is 229 Å². The Hall–Kier alpha value is -3.80. The first-order chi connectivity index (χ1) is 53.2. The Bertz CT molecular complexity index is 3040. The maximum atomic E-state index is 13.5. The summed E-state index contributed by atoms with van der Waals surface area (Å²) in [7, 11) is 0. The van der Waals surface area contributed by atoms with Gasteiger partial charge in [0.15, 0.2) is 50.3 Å². The quantitative estimate of drug-likeness (QED) is 0.0331. The molecule has 9 aliphatic heterocycles. The molecule has 46 atom stereocenters. The van der Waals surface area contributed by atoms with Crippen LogP contribution in [0.3, 0.4) is 0 Å². The summed E-state index contributed by atoms with van der Waals surface area (Å²) in [6.07, 6.45) is -88.3. The SMILES string of the molecule is CC(=O)N[C@H]1[C@H](O[C@H]2[C@@H](O)[C@@H](CO[C@@H]3O[C@H](CO)[C@@H](OC4O[C@H](CO)[C@H](O)[C@H](O)[C@H]4O[C@@H]4O[C@@H](C)[C@@H](O)[C@@H](O)[C@@H]4O)[C@H](O[C@@H]4O[C@@H](C)[C@@H](O)[C@@H](O)[C@@H]4O)[C@H]3NC(C)=O)O[C@@H](O[C@H]3[C@H](O)[C@@H](O)C(O)O[C@@H]3CO)[C@@H]2O)O[C@H](CO)[C@@H](O[C@@H]2O[C@H](CO[C@]3(C(=O)O)C[C@H](O)[C@@H](NC(C)=O)[C@H]([C@H](O)[C@H](O)CO)O3)[C@H](O)[C@H](O)[C@H]2O)[C@@H]1O. The van der Waals surface area contributed by atoms with E-state index >= 15 is 0 Å². The number of amides is 3. The van der Waals surface area contributed by atoms with Gasteiger partial charge in [-0.05, 0) is 13.8 Å². The summed E-state index contributed by atoms with van der Waals surface area (Å²) in [4.78, 5) is 51.7. The van der Waals surface area contributed by atoms with E-state index in [9.17, 15) is 152 Å². The largest absolute Gasteiger partial charge is 0.477 e. The van der Waals surface area contributed by atoms with Gasteiger partial charge in [0.25, 0.3) is 5.79 Å². The molecule has 9 rings (SSSR count). The van der Waals surface area contributed by atoms with E-state index in [1.807, 2.05) is 0 Å². The van der Waals surface area contributed by atoms with Crippen LogP contribution in [-0.4, -0.2) is 484 Å². The molecule has 0 aliphatic carbocycles. The molecule has 3 amide bonds. The first kappa shape index (κ1) is 93.1. The summed E-state index contributed by atoms with van der Waals surface area (Å²) in [5.41, 5.74) is 0. The molecule has 0 aromatic rings. The van der Waals surface area contributed by atoms with Crippen LogP contribution in [0.25, 0.3) is 0 Å². The van der Waals surface area contributed by atoms with Crippen molar-refractivity contribution < 1.29 is 232 Å². The molecule has 9 fully saturated rings. The molecule has 113 heavy (non-hydrogen) atoms. The molecule has 50 nitrogen and oxygen atoms in total. The van der Waals surface area contributed by atoms with Crippen LogP contribution in [0.5, 0.6) is 0 Å². The molecule has 2 unspecified atom stereocenters. The third kappa shape index (κ3) is 20.3. The number of aliphatic carboxylic acids is 1. The van der Waals surface area contributed by atoms with E-state index in [1.54, 1.807) is 0 Å². The van der Waals surface area contributed by atoms with Crippen molar-refractivity contribution in [2.45, 2.75) is 323 Å². The van der Waals surface area contributed by atoms with Gasteiger partial charge in [0, 0.05) is 27.2 Å². The predicted molar refractivity (Wildman–Crippen MR) is 346 cm³/mol. The lowest BCUT2D eigenvalue weighted by atomic mass is 9.88. The normalized spacial score (nSPS) is 49.2. The molecular weight excluding hydrogens is 1550 g/mol. The maximum Gasteiger partial charge on any atom is 0.364 e. The zero-order valence-corrected chi connectivity index (χ0v) is 60.8. The third-order valence-corrected chi connectivity index (χ3v) is 20.8. The van der Waals surface area contributed by atoms with E-state index in [2.05, 4.69) is 16.0 Å². The number of aliphatic hydroxyl groups excluding tert-OH is 25. The van der Waals surface area contributed by atoms with Gasteiger partial charge in [0.05, 0.1) is 70.6 Å². The highest BCUT2D eigenvalue weighted by Crippen LogP contribution is 2.41. The molecule has 0 spiro atoms. The first-order valence-corrected chi connectivity index (χ1v) is 36.0. The average molecular weight is 1660 g/mol. The number of carbonyl (C=O) groups is 4. The van der Waals surface area contributed by atoms with Crippen molar-refractivity contribution in [2.24, 2.45) is 0 Å². The Morgan fingerprint density at radius 3 is 1.32 bits per heavy atom. The Morgan fingerprint density at radius 2 is 0.788 bits per heavy atom. The number of ether oxygens (including phenoxy) is 17. The van der Waals surface area contributed by atoms with Gasteiger partial charge in [0.2, 0.25) is 17.7 Å². The van der Waals surface area contributed by atoms with Crippen molar-refractivity contribution in [3.8, 4) is 0 Å². The minimum absolute atomic E-state index is 0.833. The standard InChI is InChI=1S/C63H105N3O47/c1-14-30(77)37(84)43(90)57(99-14)110-51-29(66-18(5)74)55(103-24(11-71)49(51)109-61-53(40(87)33(80)21(8-68)102-61)112-58-44(91)38(85)31(78)15(2)100-58)97-12-25-35(82)52(46(93)60(105-25)108-48-22(9-69)101-54(94)42(89)41(48)88)111-56-28(65-17(4)73)36(83)47(23(10-70)104-56)107-59-45(92)39(86)34(81)26(106-59)13-98-63(62(95)96)6-19(75)27(64-16(3)72)50(113-63)32(79)20(76)7-67/h14-15,19-61,67-71,75-94H,6-13H2,1-5H3,(H,64,72)(H,65,73)(H,66,74)(H,95,96)/t14-,15-,19-,20+,21+,22+,23+,24+,25+,26+,27+,28+,29+,30+,31+,32+,33-,34-,35-,36+,37+,38+,39-,40-,41+,42+,43-,44-,45+,46+,47+,48+,49+,50+,51+,52-,53+,54?,55+,56-,57-,58-,59-,60-,61?,63+/m0/s1. The number of nitrogens with one attached hydrogen (secondary N) is 3. The van der Waals surface area contributed by atoms with Gasteiger partial charge in [-0.2, -0.15) is 0 Å². The molecule has 0 saturated carbocycles. The second-order valence-electron chi connectivity index (χ2n) is 28.9. The number of carboxylic acids is 1. The number of rotatable bonds is 29. The molecule has 29 N–H and O–H groups in total. The Labute approximate surface area is 639 Å². The predicted octanol–water partition coefficient (Wildman–Crippen LogP) is -18.9. The fourth-order valence-electron chi connectivity index (χ4n) is 14.5. The molecule has 0 aromatic carbocycles. The summed E-state index contributed by atoms with van der Waals surface area (Å²) < 4.78 is 101. The number of hydrogen-bond donors (Lipinski definition) is 29. The van der Waals surface area contributed by atoms with Crippen LogP contribution in [0.1, 0.15) is 41.0 Å². The topological polar surface area (TPSA) is 787 Å². The average Bonchev–Trinajstić information content (AvgIpc) is 0.771. The van der Waals surface area contributed by atoms with E-state index < -0.39 is 358 Å². The second-order valence-corrected chi connectivity index (χ2v) is 28.9. The van der Waals surface area contributed by atoms with E-state index in [0.717, 1.165) is 20.8 Å². The van der Waals surface area contributed by atoms with Gasteiger partial charge in [0.1, 0.15) is 201 Å². The summed E-state index contributed by atoms with van der Waals surface area (Å²) in [6, 6.07) is -5.68. The van der Waals surface area contributed by atoms with Gasteiger partial charge in [-0.1, -0.05) is 0 Å². The molecular formula is C63H105N3O47. The zero-order valence-electron chi connectivity index (χ0n) is 60.8. The number of hydrogen-bond acceptors (Lipinski definition) is 46. The summed E-state index contributed by atoms with van der Waals surface area (Å²) in [5.74, 6) is -7.94. The van der Waals surface area contributed by atoms with E-state index in [0.29, 0.717) is 0 Å². The van der Waals surface area contributed by atoms with Gasteiger partial charge in [-0.25, -0.2) is 4.79 Å². The van der Waals surface area contributed by atoms with Crippen LogP contribution in [0.15, 0.2) is 0 Å². The first-order valence-electron chi connectivity index (χ1n) is 36.0. The van der Waals surface area contributed by atoms with Crippen LogP contribution < -0.4 is 16.0 Å². The van der Waals surface area contributed by atoms with Crippen LogP contribution in [0, 0.1) is 0 Å². The molecule has 9 aliphatic rings. The highest BCUT2D eigenvalue weighted by Gasteiger charge is 2.62. The number of carbonyl (C=O) groups excluding carboxylic acids is 3. The smallest absolute Gasteiger partial charge is 0.364 e. The van der Waals surface area contributed by atoms with Crippen molar-refractivity contribution in [3.05, 3.63) is 0 Å². The van der Waals surface area contributed by atoms with Crippen molar-refractivity contribution in [2.75, 3.05) is 46.2 Å². The molecule has 0 bridgehead atoms. The molecule has 50 heteroatoms. The minimum Gasteiger partial charge on any atom is -0.477 e. The van der Waals surface area contributed by atoms with Crippen LogP contribution in [0.2, 0.25) is 0 Å². The van der Waals surface area contributed by atoms with Crippen LogP contribution in [0.4, 0.5) is 0 Å². The summed E-state index contributed by atoms with van der Waals surface area (Å²) >= 11 is 0. The molecule has 0 aromatic heterocycles. The monoisotopic (exact) mass is 1660 g/mol. The fourth-order valence-corrected chi connectivity index (χ4v) is 14.5. The zero-order chi connectivity index (χ0) is 83.6. The van der Waals surface area contributed by atoms with Crippen molar-refractivity contribution in [1.29, 1.82) is 0 Å². The van der Waals surface area contributed by atoms with Crippen LogP contribution in [-0.2, 0) is 99.7 Å². The lowest BCUT2D eigenvalue weighted by molar-refractivity contribution is -0.396. The molecule has 0 radical (unpaired) electrons.